The predicted octanol–water partition coefficient (Wildman–Crippen LogP) is 3.43. The lowest BCUT2D eigenvalue weighted by Gasteiger charge is -2.23. The van der Waals surface area contributed by atoms with Crippen LogP contribution in [0, 0.1) is 17.2 Å². The van der Waals surface area contributed by atoms with Gasteiger partial charge in [0.25, 0.3) is 0 Å². The number of hydrogen-bond acceptors (Lipinski definition) is 7. The number of nitrogen functional groups attached to an aromatic ring is 1. The normalized spacial score (nSPS) is 17.2. The van der Waals surface area contributed by atoms with Crippen molar-refractivity contribution < 1.29 is 0 Å². The molecule has 0 aromatic carbocycles. The van der Waals surface area contributed by atoms with Crippen molar-refractivity contribution in [3.05, 3.63) is 48.3 Å². The zero-order valence-corrected chi connectivity index (χ0v) is 17.4. The summed E-state index contributed by atoms with van der Waals surface area (Å²) in [5, 5.41) is 15.4. The number of hydrogen-bond donors (Lipinski definition) is 2. The van der Waals surface area contributed by atoms with Crippen LogP contribution in [0.3, 0.4) is 0 Å². The Morgan fingerprint density at radius 3 is 3.10 bits per heavy atom. The Morgan fingerprint density at radius 2 is 2.23 bits per heavy atom. The van der Waals surface area contributed by atoms with E-state index in [0.717, 1.165) is 41.8 Å². The summed E-state index contributed by atoms with van der Waals surface area (Å²) >= 11 is 6.07. The Kier molecular flexibility index (Phi) is 4.92. The van der Waals surface area contributed by atoms with Crippen LogP contribution in [0.5, 0.6) is 0 Å². The van der Waals surface area contributed by atoms with Gasteiger partial charge in [-0.05, 0) is 24.6 Å². The van der Waals surface area contributed by atoms with Crippen LogP contribution < -0.4 is 10.6 Å². The monoisotopic (exact) mass is 433 g/mol. The number of pyridine rings is 1. The fourth-order valence-corrected chi connectivity index (χ4v) is 4.44. The molecule has 1 aliphatic heterocycles. The molecule has 0 radical (unpaired) electrons. The van der Waals surface area contributed by atoms with Gasteiger partial charge in [-0.2, -0.15) is 10.4 Å². The Hall–Kier alpha value is -3.64. The molecule has 156 valence electrons. The van der Waals surface area contributed by atoms with Crippen molar-refractivity contribution in [3.8, 4) is 17.3 Å². The molecule has 0 bridgehead atoms. The van der Waals surface area contributed by atoms with Gasteiger partial charge in [-0.3, -0.25) is 4.68 Å². The highest BCUT2D eigenvalue weighted by molar-refractivity contribution is 6.29. The summed E-state index contributed by atoms with van der Waals surface area (Å²) in [5.41, 5.74) is 9.21. The molecule has 31 heavy (non-hydrogen) atoms. The van der Waals surface area contributed by atoms with Gasteiger partial charge in [-0.1, -0.05) is 11.6 Å². The van der Waals surface area contributed by atoms with Crippen LogP contribution in [0.1, 0.15) is 18.9 Å². The second-order valence-corrected chi connectivity index (χ2v) is 8.03. The van der Waals surface area contributed by atoms with Crippen molar-refractivity contribution in [2.24, 2.45) is 5.92 Å². The minimum Gasteiger partial charge on any atom is -0.396 e. The van der Waals surface area contributed by atoms with Crippen molar-refractivity contribution in [3.63, 3.8) is 0 Å². The largest absolute Gasteiger partial charge is 0.396 e. The quantitative estimate of drug-likeness (QED) is 0.461. The van der Waals surface area contributed by atoms with E-state index in [0.29, 0.717) is 23.1 Å². The maximum absolute atomic E-state index is 9.48. The average molecular weight is 434 g/mol. The van der Waals surface area contributed by atoms with Crippen LogP contribution in [-0.4, -0.2) is 42.8 Å². The van der Waals surface area contributed by atoms with Gasteiger partial charge in [0.1, 0.15) is 17.1 Å². The number of aromatic amines is 1. The van der Waals surface area contributed by atoms with E-state index in [4.69, 9.17) is 17.3 Å². The number of H-pyrrole nitrogens is 1. The molecule has 0 saturated carbocycles. The molecule has 5 rings (SSSR count). The molecule has 3 N–H and O–H groups in total. The molecule has 2 atom stereocenters. The number of nitriles is 1. The van der Waals surface area contributed by atoms with E-state index in [9.17, 15) is 5.26 Å². The third kappa shape index (κ3) is 3.55. The number of nitrogens with two attached hydrogens (primary N) is 1. The van der Waals surface area contributed by atoms with Gasteiger partial charge in [0, 0.05) is 42.4 Å². The van der Waals surface area contributed by atoms with Crippen LogP contribution in [0.15, 0.2) is 43.1 Å². The van der Waals surface area contributed by atoms with E-state index in [1.807, 2.05) is 23.1 Å². The topological polar surface area (TPSA) is 125 Å². The Labute approximate surface area is 183 Å². The molecule has 0 spiro atoms. The second kappa shape index (κ2) is 7.89. The van der Waals surface area contributed by atoms with Crippen LogP contribution in [0.25, 0.3) is 22.3 Å². The Balaban J connectivity index is 1.42. The van der Waals surface area contributed by atoms with E-state index in [2.05, 4.69) is 36.0 Å². The molecule has 4 aromatic heterocycles. The first-order valence-electron chi connectivity index (χ1n) is 10.0. The molecule has 1 fully saturated rings. The average Bonchev–Trinajstić information content (AvgIpc) is 3.53. The summed E-state index contributed by atoms with van der Waals surface area (Å²) in [5.74, 6) is 0.924. The summed E-state index contributed by atoms with van der Waals surface area (Å²) < 4.78 is 1.89. The number of nitrogens with one attached hydrogen (secondary N) is 1. The second-order valence-electron chi connectivity index (χ2n) is 7.64. The van der Waals surface area contributed by atoms with Crippen LogP contribution in [0.2, 0.25) is 5.15 Å². The summed E-state index contributed by atoms with van der Waals surface area (Å²) in [4.78, 5) is 18.3. The molecule has 2 unspecified atom stereocenters. The van der Waals surface area contributed by atoms with Crippen molar-refractivity contribution >= 4 is 34.1 Å². The van der Waals surface area contributed by atoms with Gasteiger partial charge < -0.3 is 15.6 Å². The molecule has 1 aliphatic rings. The van der Waals surface area contributed by atoms with Crippen LogP contribution >= 0.6 is 11.6 Å². The van der Waals surface area contributed by atoms with Crippen molar-refractivity contribution in [1.29, 1.82) is 5.26 Å². The minimum atomic E-state index is -0.0623. The molecular formula is C21H20ClN9. The SMILES string of the molecule is N#CCC(C1CCN(c2nc(Cl)ccc2N)C1)n1cc(-c2ncnc3[nH]ccc23)cn1. The van der Waals surface area contributed by atoms with Gasteiger partial charge in [-0.15, -0.1) is 0 Å². The van der Waals surface area contributed by atoms with Gasteiger partial charge in [0.2, 0.25) is 0 Å². The number of nitrogens with zero attached hydrogens (tertiary/aromatic N) is 7. The fourth-order valence-electron chi connectivity index (χ4n) is 4.30. The highest BCUT2D eigenvalue weighted by Crippen LogP contribution is 2.35. The number of anilines is 2. The summed E-state index contributed by atoms with van der Waals surface area (Å²) in [7, 11) is 0. The summed E-state index contributed by atoms with van der Waals surface area (Å²) in [6, 6.07) is 7.67. The Morgan fingerprint density at radius 1 is 1.32 bits per heavy atom. The zero-order valence-electron chi connectivity index (χ0n) is 16.6. The fraction of sp³-hybridized carbons (Fsp3) is 0.286. The van der Waals surface area contributed by atoms with E-state index < -0.39 is 0 Å². The number of aromatic nitrogens is 6. The van der Waals surface area contributed by atoms with E-state index in [1.165, 1.54) is 6.33 Å². The summed E-state index contributed by atoms with van der Waals surface area (Å²) in [6.45, 7) is 1.53. The Bertz CT molecular complexity index is 1270. The lowest BCUT2D eigenvalue weighted by molar-refractivity contribution is 0.332. The van der Waals surface area contributed by atoms with Crippen molar-refractivity contribution in [1.82, 2.24) is 29.7 Å². The maximum atomic E-state index is 9.48. The van der Waals surface area contributed by atoms with Crippen LogP contribution in [-0.2, 0) is 0 Å². The smallest absolute Gasteiger partial charge is 0.153 e. The molecule has 9 nitrogen and oxygen atoms in total. The van der Waals surface area contributed by atoms with Gasteiger partial charge in [0.05, 0.1) is 36.1 Å². The van der Waals surface area contributed by atoms with Crippen molar-refractivity contribution in [2.45, 2.75) is 18.9 Å². The van der Waals surface area contributed by atoms with Gasteiger partial charge in [0.15, 0.2) is 5.82 Å². The van der Waals surface area contributed by atoms with Gasteiger partial charge >= 0.3 is 0 Å². The number of rotatable bonds is 5. The van der Waals surface area contributed by atoms with Crippen molar-refractivity contribution in [2.75, 3.05) is 23.7 Å². The number of halogens is 1. The highest BCUT2D eigenvalue weighted by Gasteiger charge is 2.32. The van der Waals surface area contributed by atoms with Crippen LogP contribution in [0.4, 0.5) is 11.5 Å². The standard InChI is InChI=1S/C21H20ClN9/c22-18-2-1-16(24)21(29-18)30-8-5-13(10-30)17(3-6-23)31-11-14(9-28-31)19-15-4-7-25-20(15)27-12-26-19/h1-2,4,7,9,11-13,17H,3,5,8,10,24H2,(H,25,26,27). The first-order chi connectivity index (χ1) is 15.1. The van der Waals surface area contributed by atoms with E-state index in [-0.39, 0.29) is 12.0 Å². The zero-order chi connectivity index (χ0) is 21.4. The third-order valence-electron chi connectivity index (χ3n) is 5.81. The minimum absolute atomic E-state index is 0.0623. The third-order valence-corrected chi connectivity index (χ3v) is 6.02. The first kappa shape index (κ1) is 19.3. The van der Waals surface area contributed by atoms with Gasteiger partial charge in [-0.25, -0.2) is 15.0 Å². The summed E-state index contributed by atoms with van der Waals surface area (Å²) in [6.07, 6.45) is 8.41. The molecule has 10 heteroatoms. The highest BCUT2D eigenvalue weighted by atomic mass is 35.5. The molecule has 4 aromatic rings. The molecule has 0 amide bonds. The lowest BCUT2D eigenvalue weighted by atomic mass is 9.96. The lowest BCUT2D eigenvalue weighted by Crippen LogP contribution is -2.26. The molecule has 0 aliphatic carbocycles. The molecule has 1 saturated heterocycles. The molecular weight excluding hydrogens is 414 g/mol. The van der Waals surface area contributed by atoms with E-state index >= 15 is 0 Å². The number of fused-ring (bicyclic) bond motifs is 1. The molecule has 5 heterocycles. The predicted molar refractivity (Wildman–Crippen MR) is 118 cm³/mol. The maximum Gasteiger partial charge on any atom is 0.153 e. The van der Waals surface area contributed by atoms with E-state index in [1.54, 1.807) is 18.3 Å². The first-order valence-corrected chi connectivity index (χ1v) is 10.4.